The highest BCUT2D eigenvalue weighted by Gasteiger charge is 2.20. The summed E-state index contributed by atoms with van der Waals surface area (Å²) in [6.45, 7) is 1.82. The monoisotopic (exact) mass is 458 g/mol. The molecule has 6 heteroatoms. The zero-order valence-corrected chi connectivity index (χ0v) is 16.3. The first-order valence-electron chi connectivity index (χ1n) is 7.34. The van der Waals surface area contributed by atoms with Crippen molar-refractivity contribution in [3.05, 3.63) is 67.7 Å². The van der Waals surface area contributed by atoms with Gasteiger partial charge in [0.15, 0.2) is 0 Å². The number of phenolic OH excluding ortho intramolecular Hbond substituents is 1. The number of aromatic hydroxyl groups is 1. The molecule has 0 atom stereocenters. The number of aromatic nitrogens is 1. The summed E-state index contributed by atoms with van der Waals surface area (Å²) >= 11 is 6.49. The van der Waals surface area contributed by atoms with Crippen LogP contribution >= 0.6 is 31.9 Å². The highest BCUT2D eigenvalue weighted by Crippen LogP contribution is 2.34. The molecule has 124 valence electrons. The van der Waals surface area contributed by atoms with E-state index in [4.69, 9.17) is 0 Å². The van der Waals surface area contributed by atoms with Gasteiger partial charge in [-0.25, -0.2) is 0 Å². The third-order valence-corrected chi connectivity index (χ3v) is 5.04. The van der Waals surface area contributed by atoms with Crippen LogP contribution in [0, 0.1) is 18.3 Å². The molecule has 0 fully saturated rings. The topological polar surface area (TPSA) is 76.9 Å². The maximum atomic E-state index is 12.9. The number of aromatic amines is 1. The van der Waals surface area contributed by atoms with Crippen LogP contribution in [0.2, 0.25) is 0 Å². The van der Waals surface area contributed by atoms with E-state index in [0.29, 0.717) is 20.1 Å². The second-order valence-corrected chi connectivity index (χ2v) is 7.21. The molecule has 0 radical (unpaired) electrons. The molecular formula is C19H12Br2N2O2. The van der Waals surface area contributed by atoms with Gasteiger partial charge in [-0.1, -0.05) is 18.2 Å². The number of phenols is 1. The van der Waals surface area contributed by atoms with E-state index in [1.54, 1.807) is 12.1 Å². The Bertz CT molecular complexity index is 1050. The first-order chi connectivity index (χ1) is 11.9. The quantitative estimate of drug-likeness (QED) is 0.308. The number of carbonyl (C=O) groups is 1. The number of Topliss-reactive ketones (excluding diaryl/α,β-unsaturated/α-hetero) is 1. The minimum absolute atomic E-state index is 0.0253. The van der Waals surface area contributed by atoms with Gasteiger partial charge in [-0.3, -0.25) is 4.79 Å². The zero-order valence-electron chi connectivity index (χ0n) is 13.1. The number of H-pyrrole nitrogens is 1. The molecule has 4 nitrogen and oxygen atoms in total. The highest BCUT2D eigenvalue weighted by molar-refractivity contribution is 9.11. The number of carbonyl (C=O) groups excluding carboxylic acids is 1. The number of allylic oxidation sites excluding steroid dienone is 1. The number of nitrogens with zero attached hydrogens (tertiary/aromatic N) is 1. The number of hydrogen-bond donors (Lipinski definition) is 2. The van der Waals surface area contributed by atoms with Gasteiger partial charge < -0.3 is 10.1 Å². The molecule has 0 spiro atoms. The fraction of sp³-hybridized carbons (Fsp3) is 0.0526. The standard InChI is InChI=1S/C19H12Br2N2O2/c1-10-17(13-4-2-3-5-16(13)23-10)18(24)12(9-22)6-11-7-14(20)19(25)15(21)8-11/h2-8,23,25H,1H3/b12-6+. The lowest BCUT2D eigenvalue weighted by molar-refractivity contribution is 0.104. The molecule has 2 aromatic carbocycles. The van der Waals surface area contributed by atoms with Crippen LogP contribution in [-0.4, -0.2) is 15.9 Å². The van der Waals surface area contributed by atoms with E-state index in [1.807, 2.05) is 37.3 Å². The molecule has 0 amide bonds. The van der Waals surface area contributed by atoms with E-state index in [9.17, 15) is 15.2 Å². The number of nitriles is 1. The Hall–Kier alpha value is -2.36. The van der Waals surface area contributed by atoms with Crippen LogP contribution in [0.5, 0.6) is 5.75 Å². The summed E-state index contributed by atoms with van der Waals surface area (Å²) in [7, 11) is 0. The molecule has 0 saturated heterocycles. The minimum Gasteiger partial charge on any atom is -0.506 e. The Morgan fingerprint density at radius 2 is 1.88 bits per heavy atom. The Kier molecular flexibility index (Phi) is 4.80. The second-order valence-electron chi connectivity index (χ2n) is 5.50. The number of nitrogens with one attached hydrogen (secondary N) is 1. The van der Waals surface area contributed by atoms with E-state index >= 15 is 0 Å². The lowest BCUT2D eigenvalue weighted by Crippen LogP contribution is -2.03. The van der Waals surface area contributed by atoms with Gasteiger partial charge in [-0.2, -0.15) is 5.26 Å². The van der Waals surface area contributed by atoms with Crippen molar-refractivity contribution in [1.29, 1.82) is 5.26 Å². The summed E-state index contributed by atoms with van der Waals surface area (Å²) < 4.78 is 0.947. The van der Waals surface area contributed by atoms with E-state index in [1.165, 1.54) is 6.08 Å². The number of halogens is 2. The van der Waals surface area contributed by atoms with Crippen molar-refractivity contribution in [2.24, 2.45) is 0 Å². The first-order valence-corrected chi connectivity index (χ1v) is 8.92. The van der Waals surface area contributed by atoms with Gasteiger partial charge in [0.2, 0.25) is 5.78 Å². The molecule has 3 aromatic rings. The smallest absolute Gasteiger partial charge is 0.205 e. The van der Waals surface area contributed by atoms with Gasteiger partial charge in [0.05, 0.1) is 14.5 Å². The third-order valence-electron chi connectivity index (χ3n) is 3.84. The van der Waals surface area contributed by atoms with E-state index in [0.717, 1.165) is 16.6 Å². The maximum absolute atomic E-state index is 12.9. The van der Waals surface area contributed by atoms with Crippen molar-refractivity contribution in [3.8, 4) is 11.8 Å². The summed E-state index contributed by atoms with van der Waals surface area (Å²) in [5, 5.41) is 20.1. The van der Waals surface area contributed by atoms with E-state index in [2.05, 4.69) is 36.8 Å². The Labute approximate surface area is 161 Å². The largest absolute Gasteiger partial charge is 0.506 e. The summed E-state index contributed by atoms with van der Waals surface area (Å²) in [6, 6.07) is 12.8. The molecule has 0 unspecified atom stereocenters. The van der Waals surface area contributed by atoms with Crippen LogP contribution in [0.1, 0.15) is 21.6 Å². The molecular weight excluding hydrogens is 448 g/mol. The number of para-hydroxylation sites is 1. The SMILES string of the molecule is Cc1[nH]c2ccccc2c1C(=O)/C(C#N)=C/c1cc(Br)c(O)c(Br)c1. The van der Waals surface area contributed by atoms with Crippen LogP contribution in [0.25, 0.3) is 17.0 Å². The normalized spacial score (nSPS) is 11.5. The average Bonchev–Trinajstić information content (AvgIpc) is 2.92. The van der Waals surface area contributed by atoms with Gasteiger partial charge >= 0.3 is 0 Å². The van der Waals surface area contributed by atoms with Crippen LogP contribution in [0.4, 0.5) is 0 Å². The Morgan fingerprint density at radius 1 is 1.24 bits per heavy atom. The third kappa shape index (κ3) is 3.26. The van der Waals surface area contributed by atoms with E-state index in [-0.39, 0.29) is 17.1 Å². The van der Waals surface area contributed by atoms with Crippen molar-refractivity contribution in [1.82, 2.24) is 4.98 Å². The number of benzene rings is 2. The molecule has 0 aliphatic rings. The predicted molar refractivity (Wildman–Crippen MR) is 104 cm³/mol. The van der Waals surface area contributed by atoms with Crippen molar-refractivity contribution < 1.29 is 9.90 Å². The summed E-state index contributed by atoms with van der Waals surface area (Å²) in [5.74, 6) is -0.271. The minimum atomic E-state index is -0.335. The molecule has 0 aliphatic heterocycles. The number of aryl methyl sites for hydroxylation is 1. The number of rotatable bonds is 3. The summed E-state index contributed by atoms with van der Waals surface area (Å²) in [5.41, 5.74) is 2.73. The summed E-state index contributed by atoms with van der Waals surface area (Å²) in [4.78, 5) is 16.1. The molecule has 25 heavy (non-hydrogen) atoms. The van der Waals surface area contributed by atoms with Crippen molar-refractivity contribution in [3.63, 3.8) is 0 Å². The van der Waals surface area contributed by atoms with Gasteiger partial charge in [0.25, 0.3) is 0 Å². The van der Waals surface area contributed by atoms with E-state index < -0.39 is 0 Å². The average molecular weight is 460 g/mol. The lowest BCUT2D eigenvalue weighted by Gasteiger charge is -2.04. The number of fused-ring (bicyclic) bond motifs is 1. The van der Waals surface area contributed by atoms with Crippen LogP contribution in [0.3, 0.4) is 0 Å². The Balaban J connectivity index is 2.11. The van der Waals surface area contributed by atoms with Gasteiger partial charge in [-0.15, -0.1) is 0 Å². The van der Waals surface area contributed by atoms with Crippen molar-refractivity contribution >= 4 is 54.6 Å². The van der Waals surface area contributed by atoms with Crippen LogP contribution in [0.15, 0.2) is 50.9 Å². The second kappa shape index (κ2) is 6.87. The Morgan fingerprint density at radius 3 is 2.52 bits per heavy atom. The van der Waals surface area contributed by atoms with Crippen molar-refractivity contribution in [2.45, 2.75) is 6.92 Å². The maximum Gasteiger partial charge on any atom is 0.205 e. The molecule has 0 bridgehead atoms. The van der Waals surface area contributed by atoms with Gasteiger partial charge in [-0.05, 0) is 68.6 Å². The number of ketones is 1. The summed E-state index contributed by atoms with van der Waals surface area (Å²) in [6.07, 6.45) is 1.51. The zero-order chi connectivity index (χ0) is 18.1. The first kappa shape index (κ1) is 17.5. The molecule has 0 saturated carbocycles. The molecule has 2 N–H and O–H groups in total. The molecule has 1 heterocycles. The highest BCUT2D eigenvalue weighted by atomic mass is 79.9. The van der Waals surface area contributed by atoms with Crippen molar-refractivity contribution in [2.75, 3.05) is 0 Å². The predicted octanol–water partition coefficient (Wildman–Crippen LogP) is 5.50. The molecule has 1 aromatic heterocycles. The van der Waals surface area contributed by atoms with Gasteiger partial charge in [0, 0.05) is 16.6 Å². The lowest BCUT2D eigenvalue weighted by atomic mass is 9.99. The fourth-order valence-electron chi connectivity index (χ4n) is 2.69. The van der Waals surface area contributed by atoms with Crippen LogP contribution < -0.4 is 0 Å². The molecule has 0 aliphatic carbocycles. The number of hydrogen-bond acceptors (Lipinski definition) is 3. The van der Waals surface area contributed by atoms with Gasteiger partial charge in [0.1, 0.15) is 17.4 Å². The molecule has 3 rings (SSSR count). The van der Waals surface area contributed by atoms with Crippen LogP contribution in [-0.2, 0) is 0 Å². The fourth-order valence-corrected chi connectivity index (χ4v) is 3.91.